The fourth-order valence-electron chi connectivity index (χ4n) is 2.60. The first-order valence-electron chi connectivity index (χ1n) is 6.42. The fraction of sp³-hybridized carbons (Fsp3) is 0.615. The van der Waals surface area contributed by atoms with Gasteiger partial charge in [-0.2, -0.15) is 13.2 Å². The van der Waals surface area contributed by atoms with Gasteiger partial charge >= 0.3 is 6.18 Å². The molecule has 1 aliphatic rings. The number of piperidine rings is 1. The predicted octanol–water partition coefficient (Wildman–Crippen LogP) is 2.66. The molecule has 1 saturated heterocycles. The average molecular weight is 273 g/mol. The van der Waals surface area contributed by atoms with Crippen LogP contribution in [0.1, 0.15) is 25.3 Å². The number of nitrogens with zero attached hydrogens (tertiary/aromatic N) is 2. The highest BCUT2D eigenvalue weighted by Crippen LogP contribution is 2.37. The van der Waals surface area contributed by atoms with Gasteiger partial charge in [0.05, 0.1) is 5.56 Å². The van der Waals surface area contributed by atoms with E-state index in [1.807, 2.05) is 0 Å². The van der Waals surface area contributed by atoms with Crippen molar-refractivity contribution in [3.8, 4) is 0 Å². The van der Waals surface area contributed by atoms with Crippen LogP contribution in [0.5, 0.6) is 0 Å². The number of pyridine rings is 1. The Morgan fingerprint density at radius 1 is 1.47 bits per heavy atom. The molecule has 106 valence electrons. The second kappa shape index (κ2) is 5.36. The van der Waals surface area contributed by atoms with Gasteiger partial charge in [-0.05, 0) is 30.9 Å². The molecule has 2 unspecified atom stereocenters. The molecule has 0 amide bonds. The number of alkyl halides is 3. The van der Waals surface area contributed by atoms with Crippen molar-refractivity contribution in [2.45, 2.75) is 32.0 Å². The van der Waals surface area contributed by atoms with Crippen molar-refractivity contribution in [2.24, 2.45) is 11.7 Å². The van der Waals surface area contributed by atoms with Crippen LogP contribution in [0.2, 0.25) is 0 Å². The second-order valence-corrected chi connectivity index (χ2v) is 5.08. The van der Waals surface area contributed by atoms with Gasteiger partial charge in [0.25, 0.3) is 0 Å². The van der Waals surface area contributed by atoms with Crippen molar-refractivity contribution < 1.29 is 13.2 Å². The molecule has 6 heteroatoms. The van der Waals surface area contributed by atoms with E-state index in [4.69, 9.17) is 5.73 Å². The van der Waals surface area contributed by atoms with E-state index < -0.39 is 11.7 Å². The van der Waals surface area contributed by atoms with Crippen LogP contribution in [0.3, 0.4) is 0 Å². The lowest BCUT2D eigenvalue weighted by Crippen LogP contribution is -2.47. The smallest absolute Gasteiger partial charge is 0.352 e. The SMILES string of the molecule is CC1CCN(c2ncccc2C(F)(F)F)C(CN)C1. The Bertz CT molecular complexity index is 433. The lowest BCUT2D eigenvalue weighted by Gasteiger charge is -2.39. The Kier molecular flexibility index (Phi) is 3.99. The van der Waals surface area contributed by atoms with Crippen molar-refractivity contribution in [2.75, 3.05) is 18.0 Å². The zero-order chi connectivity index (χ0) is 14.0. The van der Waals surface area contributed by atoms with Gasteiger partial charge in [-0.3, -0.25) is 0 Å². The monoisotopic (exact) mass is 273 g/mol. The molecule has 0 spiro atoms. The van der Waals surface area contributed by atoms with Crippen molar-refractivity contribution in [1.29, 1.82) is 0 Å². The molecule has 2 N–H and O–H groups in total. The van der Waals surface area contributed by atoms with Crippen LogP contribution in [-0.2, 0) is 6.18 Å². The highest BCUT2D eigenvalue weighted by atomic mass is 19.4. The third kappa shape index (κ3) is 3.00. The Hall–Kier alpha value is -1.30. The van der Waals surface area contributed by atoms with Crippen LogP contribution in [0, 0.1) is 5.92 Å². The van der Waals surface area contributed by atoms with Gasteiger partial charge < -0.3 is 10.6 Å². The highest BCUT2D eigenvalue weighted by molar-refractivity contribution is 5.49. The normalized spacial score (nSPS) is 24.6. The van der Waals surface area contributed by atoms with Gasteiger partial charge in [-0.25, -0.2) is 4.98 Å². The summed E-state index contributed by atoms with van der Waals surface area (Å²) in [7, 11) is 0. The average Bonchev–Trinajstić information content (AvgIpc) is 2.37. The Morgan fingerprint density at radius 3 is 2.84 bits per heavy atom. The number of halogens is 3. The summed E-state index contributed by atoms with van der Waals surface area (Å²) in [6.45, 7) is 3.02. The molecule has 0 aliphatic carbocycles. The molecule has 0 bridgehead atoms. The van der Waals surface area contributed by atoms with E-state index in [0.717, 1.165) is 18.9 Å². The topological polar surface area (TPSA) is 42.2 Å². The summed E-state index contributed by atoms with van der Waals surface area (Å²) in [6.07, 6.45) is -1.31. The molecule has 0 saturated carbocycles. The van der Waals surface area contributed by atoms with Gasteiger partial charge in [-0.15, -0.1) is 0 Å². The molecular formula is C13H18F3N3. The molecule has 1 aromatic heterocycles. The predicted molar refractivity (Wildman–Crippen MR) is 67.8 cm³/mol. The van der Waals surface area contributed by atoms with Gasteiger partial charge in [-0.1, -0.05) is 6.92 Å². The number of anilines is 1. The minimum absolute atomic E-state index is 0.0114. The van der Waals surface area contributed by atoms with Crippen LogP contribution in [0.4, 0.5) is 19.0 Å². The van der Waals surface area contributed by atoms with E-state index in [0.29, 0.717) is 19.0 Å². The number of aromatic nitrogens is 1. The van der Waals surface area contributed by atoms with Gasteiger partial charge in [0.15, 0.2) is 0 Å². The summed E-state index contributed by atoms with van der Waals surface area (Å²) >= 11 is 0. The first-order chi connectivity index (χ1) is 8.93. The molecule has 3 nitrogen and oxygen atoms in total. The minimum atomic E-state index is -4.38. The molecule has 1 aliphatic heterocycles. The number of nitrogens with two attached hydrogens (primary N) is 1. The van der Waals surface area contributed by atoms with Crippen molar-refractivity contribution in [1.82, 2.24) is 4.98 Å². The molecular weight excluding hydrogens is 255 g/mol. The van der Waals surface area contributed by atoms with E-state index in [1.54, 1.807) is 4.90 Å². The Labute approximate surface area is 110 Å². The largest absolute Gasteiger partial charge is 0.419 e. The number of hydrogen-bond acceptors (Lipinski definition) is 3. The number of hydrogen-bond donors (Lipinski definition) is 1. The molecule has 0 radical (unpaired) electrons. The molecule has 1 fully saturated rings. The molecule has 2 atom stereocenters. The summed E-state index contributed by atoms with van der Waals surface area (Å²) in [6, 6.07) is 2.32. The van der Waals surface area contributed by atoms with E-state index in [2.05, 4.69) is 11.9 Å². The van der Waals surface area contributed by atoms with Crippen molar-refractivity contribution >= 4 is 5.82 Å². The summed E-state index contributed by atoms with van der Waals surface area (Å²) in [5.74, 6) is 0.500. The van der Waals surface area contributed by atoms with Crippen LogP contribution in [0.15, 0.2) is 18.3 Å². The Morgan fingerprint density at radius 2 is 2.21 bits per heavy atom. The van der Waals surface area contributed by atoms with E-state index >= 15 is 0 Å². The van der Waals surface area contributed by atoms with Crippen LogP contribution in [-0.4, -0.2) is 24.1 Å². The fourth-order valence-corrected chi connectivity index (χ4v) is 2.60. The highest BCUT2D eigenvalue weighted by Gasteiger charge is 2.37. The maximum Gasteiger partial charge on any atom is 0.419 e. The Balaban J connectivity index is 2.35. The summed E-state index contributed by atoms with van der Waals surface area (Å²) in [5.41, 5.74) is 5.02. The molecule has 2 rings (SSSR count). The summed E-state index contributed by atoms with van der Waals surface area (Å²) < 4.78 is 39.0. The summed E-state index contributed by atoms with van der Waals surface area (Å²) in [4.78, 5) is 5.65. The van der Waals surface area contributed by atoms with Crippen LogP contribution in [0.25, 0.3) is 0 Å². The minimum Gasteiger partial charge on any atom is -0.352 e. The standard InChI is InChI=1S/C13H18F3N3/c1-9-4-6-19(10(7-9)8-17)12-11(13(14,15)16)3-2-5-18-12/h2-3,5,9-10H,4,6-8,17H2,1H3. The maximum atomic E-state index is 13.0. The summed E-state index contributed by atoms with van der Waals surface area (Å²) in [5, 5.41) is 0. The quantitative estimate of drug-likeness (QED) is 0.900. The zero-order valence-electron chi connectivity index (χ0n) is 10.8. The van der Waals surface area contributed by atoms with E-state index in [1.165, 1.54) is 12.3 Å². The lowest BCUT2D eigenvalue weighted by molar-refractivity contribution is -0.137. The molecule has 0 aromatic carbocycles. The first-order valence-corrected chi connectivity index (χ1v) is 6.42. The first kappa shape index (κ1) is 14.1. The van der Waals surface area contributed by atoms with E-state index in [-0.39, 0.29) is 11.9 Å². The van der Waals surface area contributed by atoms with Gasteiger partial charge in [0.1, 0.15) is 5.82 Å². The molecule has 19 heavy (non-hydrogen) atoms. The molecule has 2 heterocycles. The maximum absolute atomic E-state index is 13.0. The van der Waals surface area contributed by atoms with E-state index in [9.17, 15) is 13.2 Å². The van der Waals surface area contributed by atoms with Gasteiger partial charge in [0.2, 0.25) is 0 Å². The lowest BCUT2D eigenvalue weighted by atomic mass is 9.92. The third-order valence-corrected chi connectivity index (χ3v) is 3.61. The van der Waals surface area contributed by atoms with Gasteiger partial charge in [0, 0.05) is 25.3 Å². The van der Waals surface area contributed by atoms with Crippen LogP contribution < -0.4 is 10.6 Å². The van der Waals surface area contributed by atoms with Crippen molar-refractivity contribution in [3.05, 3.63) is 23.9 Å². The molecule has 1 aromatic rings. The number of rotatable bonds is 2. The van der Waals surface area contributed by atoms with Crippen LogP contribution >= 0.6 is 0 Å². The second-order valence-electron chi connectivity index (χ2n) is 5.08. The zero-order valence-corrected chi connectivity index (χ0v) is 10.8. The third-order valence-electron chi connectivity index (χ3n) is 3.61. The van der Waals surface area contributed by atoms with Crippen molar-refractivity contribution in [3.63, 3.8) is 0 Å².